The van der Waals surface area contributed by atoms with Crippen LogP contribution >= 0.6 is 12.6 Å². The molecule has 8 heteroatoms. The molecule has 0 aromatic heterocycles. The number of thiol groups is 1. The minimum absolute atomic E-state index is 0.00698. The quantitative estimate of drug-likeness (QED) is 0.321. The van der Waals surface area contributed by atoms with Gasteiger partial charge in [0.1, 0.15) is 6.04 Å². The Labute approximate surface area is 186 Å². The summed E-state index contributed by atoms with van der Waals surface area (Å²) in [6, 6.07) is 0.664. The maximum atomic E-state index is 11.5. The topological polar surface area (TPSA) is 105 Å². The fourth-order valence-corrected chi connectivity index (χ4v) is 4.06. The molecule has 0 bridgehead atoms. The van der Waals surface area contributed by atoms with Gasteiger partial charge in [0, 0.05) is 30.2 Å². The molecule has 2 aliphatic rings. The second kappa shape index (κ2) is 15.5. The van der Waals surface area contributed by atoms with Crippen LogP contribution in [0.5, 0.6) is 0 Å². The number of nitrogens with one attached hydrogen (secondary N) is 2. The first-order valence-corrected chi connectivity index (χ1v) is 12.0. The molecule has 2 atom stereocenters. The van der Waals surface area contributed by atoms with E-state index in [0.717, 1.165) is 12.1 Å². The van der Waals surface area contributed by atoms with Crippen LogP contribution in [0, 0.1) is 5.92 Å². The van der Waals surface area contributed by atoms with E-state index in [9.17, 15) is 14.4 Å². The van der Waals surface area contributed by atoms with Crippen LogP contribution in [-0.4, -0.2) is 53.9 Å². The number of rotatable bonds is 9. The van der Waals surface area contributed by atoms with E-state index in [1.54, 1.807) is 6.92 Å². The number of amides is 1. The van der Waals surface area contributed by atoms with Gasteiger partial charge in [0.15, 0.2) is 0 Å². The Morgan fingerprint density at radius 2 is 1.50 bits per heavy atom. The SMILES string of the molecule is C1CCC(NC2CCCCC2)CC1.COC(=O)CC[C@H](NC(=O)[C@H](C)CS)C(=O)O. The second-order valence-electron chi connectivity index (χ2n) is 8.43. The molecule has 0 saturated heterocycles. The second-order valence-corrected chi connectivity index (χ2v) is 8.80. The lowest BCUT2D eigenvalue weighted by Crippen LogP contribution is -2.43. The van der Waals surface area contributed by atoms with Crippen molar-refractivity contribution >= 4 is 30.5 Å². The number of methoxy groups -OCH3 is 1. The first kappa shape index (κ1) is 26.8. The standard InChI is InChI=1S/C12H23N.C10H17NO5S/c1-3-7-11(8-4-1)13-12-9-5-2-6-10-12;1-6(5-17)9(13)11-7(10(14)15)3-4-8(12)16-2/h11-13H,1-10H2;6-7,17H,3-5H2,1-2H3,(H,11,13)(H,14,15)/t;6-,7+/m.1/s1. The van der Waals surface area contributed by atoms with Crippen LogP contribution in [0.2, 0.25) is 0 Å². The van der Waals surface area contributed by atoms with Gasteiger partial charge in [-0.15, -0.1) is 0 Å². The van der Waals surface area contributed by atoms with E-state index in [0.29, 0.717) is 5.75 Å². The highest BCUT2D eigenvalue weighted by atomic mass is 32.1. The summed E-state index contributed by atoms with van der Waals surface area (Å²) in [5.74, 6) is -2.12. The molecule has 2 rings (SSSR count). The maximum absolute atomic E-state index is 11.5. The van der Waals surface area contributed by atoms with Gasteiger partial charge < -0.3 is 20.5 Å². The number of carbonyl (C=O) groups is 3. The van der Waals surface area contributed by atoms with Gasteiger partial charge in [0.25, 0.3) is 0 Å². The molecule has 0 aliphatic heterocycles. The van der Waals surface area contributed by atoms with Crippen molar-refractivity contribution in [2.24, 2.45) is 5.92 Å². The third kappa shape index (κ3) is 11.2. The third-order valence-electron chi connectivity index (χ3n) is 5.88. The number of hydrogen-bond donors (Lipinski definition) is 4. The van der Waals surface area contributed by atoms with E-state index in [2.05, 4.69) is 28.0 Å². The average molecular weight is 445 g/mol. The molecule has 0 aromatic carbocycles. The number of carboxylic acid groups (broad SMARTS) is 1. The Bertz CT molecular complexity index is 504. The van der Waals surface area contributed by atoms with E-state index < -0.39 is 23.9 Å². The molecular weight excluding hydrogens is 404 g/mol. The van der Waals surface area contributed by atoms with Gasteiger partial charge >= 0.3 is 11.9 Å². The number of esters is 1. The van der Waals surface area contributed by atoms with Crippen molar-refractivity contribution in [2.45, 2.75) is 102 Å². The summed E-state index contributed by atoms with van der Waals surface area (Å²) in [5, 5.41) is 15.1. The summed E-state index contributed by atoms with van der Waals surface area (Å²) in [5.41, 5.74) is 0. The lowest BCUT2D eigenvalue weighted by Gasteiger charge is -2.30. The van der Waals surface area contributed by atoms with Crippen LogP contribution in [0.4, 0.5) is 0 Å². The van der Waals surface area contributed by atoms with Crippen molar-refractivity contribution in [1.29, 1.82) is 0 Å². The Balaban J connectivity index is 0.000000308. The van der Waals surface area contributed by atoms with Crippen molar-refractivity contribution < 1.29 is 24.2 Å². The minimum Gasteiger partial charge on any atom is -0.480 e. The molecule has 2 saturated carbocycles. The molecule has 30 heavy (non-hydrogen) atoms. The summed E-state index contributed by atoms with van der Waals surface area (Å²) in [6.45, 7) is 1.64. The van der Waals surface area contributed by atoms with Gasteiger partial charge in [-0.2, -0.15) is 12.6 Å². The summed E-state index contributed by atoms with van der Waals surface area (Å²) in [6.07, 6.45) is 14.5. The van der Waals surface area contributed by atoms with Crippen LogP contribution in [0.1, 0.15) is 84.0 Å². The monoisotopic (exact) mass is 444 g/mol. The lowest BCUT2D eigenvalue weighted by molar-refractivity contribution is -0.144. The van der Waals surface area contributed by atoms with Crippen molar-refractivity contribution in [3.05, 3.63) is 0 Å². The number of carbonyl (C=O) groups excluding carboxylic acids is 2. The van der Waals surface area contributed by atoms with Gasteiger partial charge in [-0.25, -0.2) is 4.79 Å². The summed E-state index contributed by atoms with van der Waals surface area (Å²) >= 11 is 3.95. The van der Waals surface area contributed by atoms with Crippen LogP contribution < -0.4 is 10.6 Å². The lowest BCUT2D eigenvalue weighted by atomic mass is 9.91. The zero-order valence-corrected chi connectivity index (χ0v) is 19.4. The van der Waals surface area contributed by atoms with Gasteiger partial charge in [-0.3, -0.25) is 9.59 Å². The Morgan fingerprint density at radius 1 is 1.00 bits per heavy atom. The highest BCUT2D eigenvalue weighted by Crippen LogP contribution is 2.22. The molecule has 2 aliphatic carbocycles. The molecular formula is C22H40N2O5S. The number of hydrogen-bond acceptors (Lipinski definition) is 6. The fraction of sp³-hybridized carbons (Fsp3) is 0.864. The molecule has 2 fully saturated rings. The van der Waals surface area contributed by atoms with Crippen LogP contribution in [-0.2, 0) is 19.1 Å². The van der Waals surface area contributed by atoms with E-state index in [-0.39, 0.29) is 18.8 Å². The summed E-state index contributed by atoms with van der Waals surface area (Å²) in [7, 11) is 1.22. The minimum atomic E-state index is -1.17. The smallest absolute Gasteiger partial charge is 0.326 e. The zero-order chi connectivity index (χ0) is 22.4. The first-order chi connectivity index (χ1) is 14.4. The van der Waals surface area contributed by atoms with E-state index in [4.69, 9.17) is 5.11 Å². The Hall–Kier alpha value is -1.28. The number of aliphatic carboxylic acids is 1. The van der Waals surface area contributed by atoms with Crippen molar-refractivity contribution in [2.75, 3.05) is 12.9 Å². The Morgan fingerprint density at radius 3 is 1.90 bits per heavy atom. The average Bonchev–Trinajstić information content (AvgIpc) is 2.77. The van der Waals surface area contributed by atoms with Crippen LogP contribution in [0.15, 0.2) is 0 Å². The predicted molar refractivity (Wildman–Crippen MR) is 121 cm³/mol. The van der Waals surface area contributed by atoms with Gasteiger partial charge in [-0.1, -0.05) is 45.4 Å². The van der Waals surface area contributed by atoms with E-state index in [1.165, 1.54) is 71.3 Å². The fourth-order valence-electron chi connectivity index (χ4n) is 3.89. The maximum Gasteiger partial charge on any atom is 0.326 e. The normalized spacial score (nSPS) is 19.7. The summed E-state index contributed by atoms with van der Waals surface area (Å²) in [4.78, 5) is 33.2. The molecule has 0 unspecified atom stereocenters. The van der Waals surface area contributed by atoms with Crippen molar-refractivity contribution in [3.63, 3.8) is 0 Å². The molecule has 0 heterocycles. The van der Waals surface area contributed by atoms with Gasteiger partial charge in [0.2, 0.25) is 5.91 Å². The van der Waals surface area contributed by atoms with Crippen molar-refractivity contribution in [3.8, 4) is 0 Å². The Kier molecular flexibility index (Phi) is 13.8. The van der Waals surface area contributed by atoms with Gasteiger partial charge in [0.05, 0.1) is 7.11 Å². The molecule has 1 amide bonds. The largest absolute Gasteiger partial charge is 0.480 e. The molecule has 3 N–H and O–H groups in total. The van der Waals surface area contributed by atoms with E-state index in [1.807, 2.05) is 0 Å². The zero-order valence-electron chi connectivity index (χ0n) is 18.5. The predicted octanol–water partition coefficient (Wildman–Crippen LogP) is 3.32. The van der Waals surface area contributed by atoms with E-state index >= 15 is 0 Å². The van der Waals surface area contributed by atoms with Crippen molar-refractivity contribution in [1.82, 2.24) is 10.6 Å². The molecule has 0 spiro atoms. The third-order valence-corrected chi connectivity index (χ3v) is 6.43. The molecule has 0 aromatic rings. The van der Waals surface area contributed by atoms with Gasteiger partial charge in [-0.05, 0) is 32.1 Å². The number of ether oxygens (including phenoxy) is 1. The first-order valence-electron chi connectivity index (χ1n) is 11.3. The van der Waals surface area contributed by atoms with Crippen LogP contribution in [0.3, 0.4) is 0 Å². The molecule has 0 radical (unpaired) electrons. The highest BCUT2D eigenvalue weighted by Gasteiger charge is 2.23. The molecule has 174 valence electrons. The van der Waals surface area contributed by atoms with Crippen LogP contribution in [0.25, 0.3) is 0 Å². The number of carboxylic acids is 1. The molecule has 7 nitrogen and oxygen atoms in total. The highest BCUT2D eigenvalue weighted by molar-refractivity contribution is 7.80. The summed E-state index contributed by atoms with van der Waals surface area (Å²) < 4.78 is 4.40.